The van der Waals surface area contributed by atoms with Crippen molar-refractivity contribution in [2.24, 2.45) is 0 Å². The Balaban J connectivity index is 3.89. The van der Waals surface area contributed by atoms with E-state index < -0.39 is 20.1 Å². The highest BCUT2D eigenvalue weighted by atomic mass is 79.9. The third-order valence-corrected chi connectivity index (χ3v) is 5.44. The minimum absolute atomic E-state index is 0.0194. The fourth-order valence-electron chi connectivity index (χ4n) is 2.57. The first-order valence-corrected chi connectivity index (χ1v) is 13.1. The number of rotatable bonds is 20. The minimum atomic E-state index is -4.20. The maximum absolute atomic E-state index is 11.7. The maximum Gasteiger partial charge on any atom is 0.508 e. The molecule has 0 amide bonds. The summed E-state index contributed by atoms with van der Waals surface area (Å²) in [5.41, 5.74) is 0. The van der Waals surface area contributed by atoms with Gasteiger partial charge in [-0.05, 0) is 6.42 Å². The van der Waals surface area contributed by atoms with Crippen molar-refractivity contribution >= 4 is 29.9 Å². The van der Waals surface area contributed by atoms with E-state index in [0.717, 1.165) is 12.8 Å². The van der Waals surface area contributed by atoms with Crippen LogP contribution >= 0.6 is 23.8 Å². The lowest BCUT2D eigenvalue weighted by molar-refractivity contribution is -0.0319. The Morgan fingerprint density at radius 2 is 1.52 bits per heavy atom. The molecule has 0 aliphatic heterocycles. The van der Waals surface area contributed by atoms with E-state index in [9.17, 15) is 14.3 Å². The molecule has 0 bridgehead atoms. The number of methoxy groups -OCH3 is 1. The van der Waals surface area contributed by atoms with Gasteiger partial charge in [0, 0.05) is 11.9 Å². The Kier molecular flexibility index (Phi) is 19.6. The molecule has 0 aromatic rings. The quantitative estimate of drug-likeness (QED) is 0.0988. The predicted octanol–water partition coefficient (Wildman–Crippen LogP) is 5.60. The van der Waals surface area contributed by atoms with Gasteiger partial charge in [0.05, 0.1) is 26.9 Å². The minimum Gasteiger partial charge on any atom is -0.438 e. The predicted molar refractivity (Wildman–Crippen MR) is 115 cm³/mol. The van der Waals surface area contributed by atoms with E-state index in [-0.39, 0.29) is 19.8 Å². The zero-order chi connectivity index (χ0) is 21.8. The van der Waals surface area contributed by atoms with Crippen LogP contribution in [-0.2, 0) is 27.8 Å². The van der Waals surface area contributed by atoms with Gasteiger partial charge in [-0.15, -0.1) is 0 Å². The van der Waals surface area contributed by atoms with Crippen LogP contribution in [-0.4, -0.2) is 56.0 Å². The van der Waals surface area contributed by atoms with Crippen LogP contribution in [0.1, 0.15) is 71.1 Å². The van der Waals surface area contributed by atoms with E-state index >= 15 is 0 Å². The van der Waals surface area contributed by atoms with Gasteiger partial charge in [0.1, 0.15) is 0 Å². The average Bonchev–Trinajstić information content (AvgIpc) is 2.71. The number of unbranched alkanes of at least 4 members (excludes halogenated alkanes) is 9. The molecule has 0 spiro atoms. The summed E-state index contributed by atoms with van der Waals surface area (Å²) in [7, 11) is -3.02. The van der Waals surface area contributed by atoms with E-state index in [0.29, 0.717) is 11.9 Å². The number of alkyl halides is 1. The van der Waals surface area contributed by atoms with Gasteiger partial charge in [-0.3, -0.25) is 9.05 Å². The number of phosphoric acid groups is 1. The Morgan fingerprint density at radius 1 is 0.931 bits per heavy atom. The highest BCUT2D eigenvalue weighted by molar-refractivity contribution is 9.09. The van der Waals surface area contributed by atoms with Crippen LogP contribution in [0.15, 0.2) is 0 Å². The fraction of sp³-hybridized carbons (Fsp3) is 0.947. The van der Waals surface area contributed by atoms with Crippen LogP contribution in [0.25, 0.3) is 0 Å². The molecule has 0 heterocycles. The van der Waals surface area contributed by atoms with Crippen LogP contribution in [0.5, 0.6) is 0 Å². The summed E-state index contributed by atoms with van der Waals surface area (Å²) < 4.78 is 36.2. The molecule has 0 saturated heterocycles. The van der Waals surface area contributed by atoms with Crippen molar-refractivity contribution in [3.63, 3.8) is 0 Å². The Bertz CT molecular complexity index is 438. The third kappa shape index (κ3) is 19.5. The molecule has 174 valence electrons. The van der Waals surface area contributed by atoms with Crippen LogP contribution < -0.4 is 0 Å². The Hall–Kier alpha value is -0.180. The summed E-state index contributed by atoms with van der Waals surface area (Å²) in [6.45, 7) is 2.48. The summed E-state index contributed by atoms with van der Waals surface area (Å²) in [5, 5.41) is 0.394. The van der Waals surface area contributed by atoms with Crippen LogP contribution in [0.2, 0.25) is 0 Å². The third-order valence-electron chi connectivity index (χ3n) is 4.13. The Labute approximate surface area is 183 Å². The molecular weight excluding hydrogens is 467 g/mol. The average molecular weight is 505 g/mol. The standard InChI is InChI=1S/C19H38BrO8P/c1-3-4-5-6-7-8-9-10-11-12-14-25-16-18(28-19(21)24-2)17-27-29(22,23)26-15-13-20/h18H,3-17H2,1-2H3,(H,22,23). The summed E-state index contributed by atoms with van der Waals surface area (Å²) in [6, 6.07) is 0. The van der Waals surface area contributed by atoms with E-state index in [1.807, 2.05) is 0 Å². The van der Waals surface area contributed by atoms with Crippen molar-refractivity contribution < 1.29 is 37.5 Å². The lowest BCUT2D eigenvalue weighted by Gasteiger charge is -2.19. The first-order chi connectivity index (χ1) is 13.9. The molecule has 2 atom stereocenters. The fourth-order valence-corrected chi connectivity index (χ4v) is 3.73. The number of carbonyl (C=O) groups excluding carboxylic acids is 1. The van der Waals surface area contributed by atoms with Crippen molar-refractivity contribution in [2.45, 2.75) is 77.2 Å². The zero-order valence-corrected chi connectivity index (χ0v) is 20.3. The molecule has 0 fully saturated rings. The molecule has 0 radical (unpaired) electrons. The van der Waals surface area contributed by atoms with Crippen molar-refractivity contribution in [2.75, 3.05) is 38.9 Å². The van der Waals surface area contributed by atoms with Gasteiger partial charge in [-0.1, -0.05) is 80.6 Å². The smallest absolute Gasteiger partial charge is 0.438 e. The largest absolute Gasteiger partial charge is 0.508 e. The van der Waals surface area contributed by atoms with Gasteiger partial charge in [0.25, 0.3) is 0 Å². The lowest BCUT2D eigenvalue weighted by atomic mass is 10.1. The molecule has 0 aromatic carbocycles. The maximum atomic E-state index is 11.7. The molecule has 10 heteroatoms. The Morgan fingerprint density at radius 3 is 2.07 bits per heavy atom. The summed E-state index contributed by atoms with van der Waals surface area (Å²) in [4.78, 5) is 20.8. The first-order valence-electron chi connectivity index (χ1n) is 10.4. The van der Waals surface area contributed by atoms with Gasteiger partial charge in [0.15, 0.2) is 6.10 Å². The van der Waals surface area contributed by atoms with E-state index in [1.165, 1.54) is 58.5 Å². The van der Waals surface area contributed by atoms with Gasteiger partial charge < -0.3 is 19.1 Å². The zero-order valence-electron chi connectivity index (χ0n) is 17.8. The lowest BCUT2D eigenvalue weighted by Crippen LogP contribution is -2.28. The monoisotopic (exact) mass is 504 g/mol. The first kappa shape index (κ1) is 28.8. The molecule has 0 aliphatic carbocycles. The summed E-state index contributed by atoms with van der Waals surface area (Å²) >= 11 is 3.09. The van der Waals surface area contributed by atoms with E-state index in [4.69, 9.17) is 18.5 Å². The van der Waals surface area contributed by atoms with Crippen LogP contribution in [0, 0.1) is 0 Å². The van der Waals surface area contributed by atoms with Gasteiger partial charge in [0.2, 0.25) is 0 Å². The number of halogens is 1. The van der Waals surface area contributed by atoms with Crippen LogP contribution in [0.3, 0.4) is 0 Å². The van der Waals surface area contributed by atoms with Crippen molar-refractivity contribution in [3.8, 4) is 0 Å². The van der Waals surface area contributed by atoms with Crippen molar-refractivity contribution in [1.82, 2.24) is 0 Å². The number of hydrogen-bond donors (Lipinski definition) is 1. The molecule has 2 unspecified atom stereocenters. The molecule has 0 saturated carbocycles. The topological polar surface area (TPSA) is 101 Å². The molecule has 1 N–H and O–H groups in total. The molecular formula is C19H38BrO8P. The summed E-state index contributed by atoms with van der Waals surface area (Å²) in [5.74, 6) is 0. The number of hydrogen-bond acceptors (Lipinski definition) is 7. The van der Waals surface area contributed by atoms with E-state index in [2.05, 4.69) is 27.6 Å². The molecule has 0 aromatic heterocycles. The van der Waals surface area contributed by atoms with Gasteiger partial charge in [-0.25, -0.2) is 9.36 Å². The SMILES string of the molecule is CCCCCCCCCCCCOCC(COP(=O)(O)OCCBr)OC(=O)OC. The molecule has 0 rings (SSSR count). The number of phosphoric ester groups is 1. The second kappa shape index (κ2) is 19.8. The molecule has 8 nitrogen and oxygen atoms in total. The number of carbonyl (C=O) groups is 1. The van der Waals surface area contributed by atoms with Crippen molar-refractivity contribution in [3.05, 3.63) is 0 Å². The normalized spacial score (nSPS) is 14.3. The van der Waals surface area contributed by atoms with Crippen LogP contribution in [0.4, 0.5) is 4.79 Å². The highest BCUT2D eigenvalue weighted by Gasteiger charge is 2.25. The van der Waals surface area contributed by atoms with Gasteiger partial charge in [-0.2, -0.15) is 0 Å². The molecule has 0 aliphatic rings. The second-order valence-electron chi connectivity index (χ2n) is 6.74. The second-order valence-corrected chi connectivity index (χ2v) is 8.98. The molecule has 29 heavy (non-hydrogen) atoms. The van der Waals surface area contributed by atoms with Crippen molar-refractivity contribution in [1.29, 1.82) is 0 Å². The summed E-state index contributed by atoms with van der Waals surface area (Å²) in [6.07, 6.45) is 10.6. The van der Waals surface area contributed by atoms with Gasteiger partial charge >= 0.3 is 14.0 Å². The van der Waals surface area contributed by atoms with E-state index in [1.54, 1.807) is 0 Å². The highest BCUT2D eigenvalue weighted by Crippen LogP contribution is 2.43. The number of ether oxygens (including phenoxy) is 3.